The highest BCUT2D eigenvalue weighted by Gasteiger charge is 2.22. The monoisotopic (exact) mass is 342 g/mol. The number of nitrogens with one attached hydrogen (secondary N) is 1. The largest absolute Gasteiger partial charge is 0.459 e. The molecule has 7 heteroatoms. The fourth-order valence-corrected chi connectivity index (χ4v) is 3.55. The molecule has 0 aliphatic heterocycles. The third-order valence-corrected chi connectivity index (χ3v) is 4.99. The molecule has 0 aliphatic carbocycles. The lowest BCUT2D eigenvalue weighted by atomic mass is 10.2. The highest BCUT2D eigenvalue weighted by atomic mass is 32.2. The number of nitrogens with zero attached hydrogens (tertiary/aromatic N) is 1. The molecule has 2 heterocycles. The Morgan fingerprint density at radius 2 is 1.79 bits per heavy atom. The number of furan rings is 1. The first kappa shape index (κ1) is 15.9. The summed E-state index contributed by atoms with van der Waals surface area (Å²) in [5.41, 5.74) is 0.298. The smallest absolute Gasteiger partial charge is 0.292 e. The summed E-state index contributed by atoms with van der Waals surface area (Å²) >= 11 is 0. The van der Waals surface area contributed by atoms with Crippen LogP contribution in [0.2, 0.25) is 0 Å². The van der Waals surface area contributed by atoms with Gasteiger partial charge in [-0.15, -0.1) is 0 Å². The van der Waals surface area contributed by atoms with E-state index in [0.29, 0.717) is 11.4 Å². The maximum absolute atomic E-state index is 12.4. The van der Waals surface area contributed by atoms with Crippen molar-refractivity contribution < 1.29 is 17.6 Å². The van der Waals surface area contributed by atoms with Gasteiger partial charge >= 0.3 is 0 Å². The van der Waals surface area contributed by atoms with Gasteiger partial charge in [0.2, 0.25) is 0 Å². The lowest BCUT2D eigenvalue weighted by Gasteiger charge is -2.06. The van der Waals surface area contributed by atoms with Gasteiger partial charge in [0.05, 0.1) is 16.9 Å². The zero-order valence-corrected chi connectivity index (χ0v) is 13.4. The van der Waals surface area contributed by atoms with E-state index in [-0.39, 0.29) is 16.4 Å². The zero-order chi connectivity index (χ0) is 17.0. The van der Waals surface area contributed by atoms with E-state index < -0.39 is 15.7 Å². The quantitative estimate of drug-likeness (QED) is 0.770. The number of carbonyl (C=O) groups is 1. The molecule has 6 nitrogen and oxygen atoms in total. The third kappa shape index (κ3) is 3.52. The minimum Gasteiger partial charge on any atom is -0.459 e. The van der Waals surface area contributed by atoms with E-state index in [2.05, 4.69) is 10.3 Å². The Morgan fingerprint density at radius 1 is 1.04 bits per heavy atom. The van der Waals surface area contributed by atoms with Crippen molar-refractivity contribution in [3.05, 3.63) is 78.4 Å². The second kappa shape index (κ2) is 6.67. The minimum atomic E-state index is -3.57. The SMILES string of the molecule is O=C(Nc1ccccn1)c1occc1CS(=O)(=O)c1ccccc1. The second-order valence-corrected chi connectivity index (χ2v) is 7.01. The van der Waals surface area contributed by atoms with Crippen LogP contribution in [0.3, 0.4) is 0 Å². The van der Waals surface area contributed by atoms with Crippen molar-refractivity contribution in [3.63, 3.8) is 0 Å². The Morgan fingerprint density at radius 3 is 2.50 bits per heavy atom. The molecule has 1 amide bonds. The number of hydrogen-bond donors (Lipinski definition) is 1. The van der Waals surface area contributed by atoms with Crippen LogP contribution in [0.15, 0.2) is 76.4 Å². The molecule has 122 valence electrons. The minimum absolute atomic E-state index is 0.0415. The molecule has 0 spiro atoms. The van der Waals surface area contributed by atoms with Crippen molar-refractivity contribution in [2.24, 2.45) is 0 Å². The third-order valence-electron chi connectivity index (χ3n) is 3.31. The number of hydrogen-bond acceptors (Lipinski definition) is 5. The number of aromatic nitrogens is 1. The summed E-state index contributed by atoms with van der Waals surface area (Å²) in [6, 6.07) is 14.6. The van der Waals surface area contributed by atoms with Gasteiger partial charge in [-0.1, -0.05) is 24.3 Å². The van der Waals surface area contributed by atoms with Crippen molar-refractivity contribution in [3.8, 4) is 0 Å². The summed E-state index contributed by atoms with van der Waals surface area (Å²) < 4.78 is 30.1. The average molecular weight is 342 g/mol. The lowest BCUT2D eigenvalue weighted by molar-refractivity contribution is 0.0995. The molecule has 2 aromatic heterocycles. The number of rotatable bonds is 5. The molecule has 0 saturated heterocycles. The predicted molar refractivity (Wildman–Crippen MR) is 88.2 cm³/mol. The van der Waals surface area contributed by atoms with Gasteiger partial charge in [-0.2, -0.15) is 0 Å². The number of carbonyl (C=O) groups excluding carboxylic acids is 1. The van der Waals surface area contributed by atoms with Crippen LogP contribution in [0.4, 0.5) is 5.82 Å². The molecule has 0 unspecified atom stereocenters. The Labute approximate surface area is 139 Å². The second-order valence-electron chi connectivity index (χ2n) is 5.02. The van der Waals surface area contributed by atoms with E-state index in [1.54, 1.807) is 42.6 Å². The van der Waals surface area contributed by atoms with Crippen molar-refractivity contribution in [2.75, 3.05) is 5.32 Å². The van der Waals surface area contributed by atoms with Crippen LogP contribution in [0.25, 0.3) is 0 Å². The average Bonchev–Trinajstić information content (AvgIpc) is 3.04. The Kier molecular flexibility index (Phi) is 4.43. The summed E-state index contributed by atoms with van der Waals surface area (Å²) in [6.07, 6.45) is 2.84. The van der Waals surface area contributed by atoms with Gasteiger partial charge in [0, 0.05) is 11.8 Å². The van der Waals surface area contributed by atoms with Crippen molar-refractivity contribution in [2.45, 2.75) is 10.6 Å². The molecule has 0 radical (unpaired) electrons. The molecule has 0 bridgehead atoms. The van der Waals surface area contributed by atoms with E-state index in [1.807, 2.05) is 0 Å². The van der Waals surface area contributed by atoms with Crippen LogP contribution in [0, 0.1) is 0 Å². The van der Waals surface area contributed by atoms with Crippen molar-refractivity contribution >= 4 is 21.6 Å². The molecule has 0 aliphatic rings. The van der Waals surface area contributed by atoms with Crippen LogP contribution in [0.5, 0.6) is 0 Å². The summed E-state index contributed by atoms with van der Waals surface area (Å²) in [4.78, 5) is 16.5. The van der Waals surface area contributed by atoms with Gasteiger partial charge in [-0.25, -0.2) is 13.4 Å². The first-order valence-electron chi connectivity index (χ1n) is 7.13. The topological polar surface area (TPSA) is 89.3 Å². The van der Waals surface area contributed by atoms with Gasteiger partial charge in [-0.3, -0.25) is 4.79 Å². The maximum atomic E-state index is 12.4. The number of benzene rings is 1. The molecule has 24 heavy (non-hydrogen) atoms. The van der Waals surface area contributed by atoms with Gasteiger partial charge < -0.3 is 9.73 Å². The molecule has 3 rings (SSSR count). The van der Waals surface area contributed by atoms with Crippen LogP contribution < -0.4 is 5.32 Å². The standard InChI is InChI=1S/C17H14N2O4S/c20-17(19-15-8-4-5-10-18-15)16-13(9-11-23-16)12-24(21,22)14-6-2-1-3-7-14/h1-11H,12H2,(H,18,19,20). The van der Waals surface area contributed by atoms with E-state index in [0.717, 1.165) is 0 Å². The molecule has 3 aromatic rings. The van der Waals surface area contributed by atoms with Crippen LogP contribution in [-0.2, 0) is 15.6 Å². The lowest BCUT2D eigenvalue weighted by Crippen LogP contribution is -2.15. The van der Waals surface area contributed by atoms with Gasteiger partial charge in [0.15, 0.2) is 15.6 Å². The molecule has 0 fully saturated rings. The number of sulfone groups is 1. The summed E-state index contributed by atoms with van der Waals surface area (Å²) in [6.45, 7) is 0. The first-order chi connectivity index (χ1) is 11.6. The normalized spacial score (nSPS) is 11.2. The molecule has 0 saturated carbocycles. The summed E-state index contributed by atoms with van der Waals surface area (Å²) in [5.74, 6) is -0.550. The van der Waals surface area contributed by atoms with Gasteiger partial charge in [0.25, 0.3) is 5.91 Å². The zero-order valence-electron chi connectivity index (χ0n) is 12.5. The van der Waals surface area contributed by atoms with Crippen LogP contribution in [-0.4, -0.2) is 19.3 Å². The molecule has 1 aromatic carbocycles. The Hall–Kier alpha value is -2.93. The van der Waals surface area contributed by atoms with E-state index in [4.69, 9.17) is 4.42 Å². The Bertz CT molecular complexity index is 935. The predicted octanol–water partition coefficient (Wildman–Crippen LogP) is 2.90. The highest BCUT2D eigenvalue weighted by Crippen LogP contribution is 2.20. The highest BCUT2D eigenvalue weighted by molar-refractivity contribution is 7.90. The first-order valence-corrected chi connectivity index (χ1v) is 8.78. The number of pyridine rings is 1. The fraction of sp³-hybridized carbons (Fsp3) is 0.0588. The van der Waals surface area contributed by atoms with Crippen LogP contribution in [0.1, 0.15) is 16.1 Å². The summed E-state index contributed by atoms with van der Waals surface area (Å²) in [7, 11) is -3.57. The molecular weight excluding hydrogens is 328 g/mol. The Balaban J connectivity index is 1.82. The molecule has 0 atom stereocenters. The van der Waals surface area contributed by atoms with E-state index in [1.165, 1.54) is 24.5 Å². The number of anilines is 1. The van der Waals surface area contributed by atoms with Gasteiger partial charge in [0.1, 0.15) is 5.82 Å². The molecule has 1 N–H and O–H groups in total. The van der Waals surface area contributed by atoms with Gasteiger partial charge in [-0.05, 0) is 30.3 Å². The molecular formula is C17H14N2O4S. The van der Waals surface area contributed by atoms with Crippen LogP contribution >= 0.6 is 0 Å². The maximum Gasteiger partial charge on any atom is 0.292 e. The fourth-order valence-electron chi connectivity index (χ4n) is 2.17. The van der Waals surface area contributed by atoms with Crippen molar-refractivity contribution in [1.82, 2.24) is 4.98 Å². The summed E-state index contributed by atoms with van der Waals surface area (Å²) in [5, 5.41) is 2.57. The van der Waals surface area contributed by atoms with E-state index >= 15 is 0 Å². The van der Waals surface area contributed by atoms with Crippen molar-refractivity contribution in [1.29, 1.82) is 0 Å². The number of amides is 1. The van der Waals surface area contributed by atoms with E-state index in [9.17, 15) is 13.2 Å².